The van der Waals surface area contributed by atoms with Crippen LogP contribution in [-0.2, 0) is 6.61 Å². The quantitative estimate of drug-likeness (QED) is 0.863. The van der Waals surface area contributed by atoms with Crippen LogP contribution in [0.3, 0.4) is 0 Å². The van der Waals surface area contributed by atoms with Crippen LogP contribution in [0.15, 0.2) is 48.5 Å². The first-order valence-corrected chi connectivity index (χ1v) is 5.47. The molecule has 0 bridgehead atoms. The first kappa shape index (κ1) is 12.1. The van der Waals surface area contributed by atoms with Crippen molar-refractivity contribution in [1.82, 2.24) is 0 Å². The zero-order valence-corrected chi connectivity index (χ0v) is 9.67. The molecule has 4 nitrogen and oxygen atoms in total. The Morgan fingerprint density at radius 1 is 1.11 bits per heavy atom. The fraction of sp³-hybridized carbons (Fsp3) is 0.0714. The van der Waals surface area contributed by atoms with Gasteiger partial charge in [-0.2, -0.15) is 0 Å². The molecule has 2 aromatic carbocycles. The predicted octanol–water partition coefficient (Wildman–Crippen LogP) is 2.07. The highest BCUT2D eigenvalue weighted by molar-refractivity contribution is 5.92. The summed E-state index contributed by atoms with van der Waals surface area (Å²) in [6.45, 7) is -0.0878. The summed E-state index contributed by atoms with van der Waals surface area (Å²) in [5.41, 5.74) is 6.28. The molecule has 0 aliphatic rings. The van der Waals surface area contributed by atoms with Gasteiger partial charge in [0.1, 0.15) is 11.5 Å². The molecule has 0 radical (unpaired) electrons. The van der Waals surface area contributed by atoms with E-state index in [1.54, 1.807) is 36.4 Å². The summed E-state index contributed by atoms with van der Waals surface area (Å²) in [6.07, 6.45) is 0. The van der Waals surface area contributed by atoms with Crippen LogP contribution < -0.4 is 10.5 Å². The molecule has 0 fully saturated rings. The number of aliphatic hydroxyl groups excluding tert-OH is 1. The van der Waals surface area contributed by atoms with Crippen molar-refractivity contribution in [3.63, 3.8) is 0 Å². The van der Waals surface area contributed by atoms with E-state index in [9.17, 15) is 9.90 Å². The number of hydrogen-bond donors (Lipinski definition) is 2. The Kier molecular flexibility index (Phi) is 3.60. The molecule has 0 saturated carbocycles. The summed E-state index contributed by atoms with van der Waals surface area (Å²) in [5.74, 6) is 0.699. The SMILES string of the molecule is NC(=O)c1ccc(Oc2ccccc2CO)cc1. The molecule has 92 valence electrons. The van der Waals surface area contributed by atoms with Gasteiger partial charge in [0, 0.05) is 11.1 Å². The molecule has 1 amide bonds. The van der Waals surface area contributed by atoms with Crippen LogP contribution >= 0.6 is 0 Å². The largest absolute Gasteiger partial charge is 0.457 e. The third kappa shape index (κ3) is 2.67. The number of amides is 1. The zero-order chi connectivity index (χ0) is 13.0. The van der Waals surface area contributed by atoms with Gasteiger partial charge in [0.05, 0.1) is 6.61 Å². The Morgan fingerprint density at radius 2 is 1.78 bits per heavy atom. The summed E-state index contributed by atoms with van der Waals surface area (Å²) in [5, 5.41) is 9.17. The Morgan fingerprint density at radius 3 is 2.39 bits per heavy atom. The van der Waals surface area contributed by atoms with E-state index in [4.69, 9.17) is 10.5 Å². The molecule has 2 rings (SSSR count). The van der Waals surface area contributed by atoms with Crippen LogP contribution in [0, 0.1) is 0 Å². The van der Waals surface area contributed by atoms with E-state index in [0.717, 1.165) is 0 Å². The number of nitrogens with two attached hydrogens (primary N) is 1. The highest BCUT2D eigenvalue weighted by atomic mass is 16.5. The van der Waals surface area contributed by atoms with Crippen LogP contribution in [0.5, 0.6) is 11.5 Å². The predicted molar refractivity (Wildman–Crippen MR) is 67.4 cm³/mol. The van der Waals surface area contributed by atoms with E-state index in [2.05, 4.69) is 0 Å². The van der Waals surface area contributed by atoms with Gasteiger partial charge in [0.2, 0.25) is 5.91 Å². The third-order valence-corrected chi connectivity index (χ3v) is 2.51. The van der Waals surface area contributed by atoms with Crippen molar-refractivity contribution in [3.8, 4) is 11.5 Å². The highest BCUT2D eigenvalue weighted by Gasteiger charge is 2.04. The number of aliphatic hydroxyl groups is 1. The topological polar surface area (TPSA) is 72.6 Å². The number of carbonyl (C=O) groups excluding carboxylic acids is 1. The number of ether oxygens (including phenoxy) is 1. The van der Waals surface area contributed by atoms with Crippen LogP contribution in [0.4, 0.5) is 0 Å². The van der Waals surface area contributed by atoms with Gasteiger partial charge in [0.25, 0.3) is 0 Å². The van der Waals surface area contributed by atoms with Crippen LogP contribution in [0.25, 0.3) is 0 Å². The van der Waals surface area contributed by atoms with Gasteiger partial charge in [-0.05, 0) is 30.3 Å². The lowest BCUT2D eigenvalue weighted by atomic mass is 10.2. The average molecular weight is 243 g/mol. The molecule has 0 aliphatic heterocycles. The van der Waals surface area contributed by atoms with Crippen LogP contribution in [0.1, 0.15) is 15.9 Å². The number of primary amides is 1. The average Bonchev–Trinajstić information content (AvgIpc) is 2.40. The first-order chi connectivity index (χ1) is 8.70. The van der Waals surface area contributed by atoms with E-state index >= 15 is 0 Å². The molecule has 4 heteroatoms. The highest BCUT2D eigenvalue weighted by Crippen LogP contribution is 2.25. The number of hydrogen-bond acceptors (Lipinski definition) is 3. The van der Waals surface area contributed by atoms with Gasteiger partial charge in [-0.15, -0.1) is 0 Å². The molecule has 2 aromatic rings. The number of carbonyl (C=O) groups is 1. The molecule has 0 spiro atoms. The maximum absolute atomic E-state index is 10.9. The lowest BCUT2D eigenvalue weighted by Crippen LogP contribution is -2.10. The Labute approximate surface area is 105 Å². The van der Waals surface area contributed by atoms with E-state index in [-0.39, 0.29) is 6.61 Å². The van der Waals surface area contributed by atoms with Crippen molar-refractivity contribution in [2.45, 2.75) is 6.61 Å². The number of benzene rings is 2. The lowest BCUT2D eigenvalue weighted by Gasteiger charge is -2.09. The first-order valence-electron chi connectivity index (χ1n) is 5.47. The fourth-order valence-corrected chi connectivity index (χ4v) is 1.55. The smallest absolute Gasteiger partial charge is 0.248 e. The van der Waals surface area contributed by atoms with Gasteiger partial charge in [-0.1, -0.05) is 18.2 Å². The summed E-state index contributed by atoms with van der Waals surface area (Å²) in [6, 6.07) is 13.7. The Balaban J connectivity index is 2.21. The Bertz CT molecular complexity index is 549. The zero-order valence-electron chi connectivity index (χ0n) is 9.67. The standard InChI is InChI=1S/C14H13NO3/c15-14(17)10-5-7-12(8-6-10)18-13-4-2-1-3-11(13)9-16/h1-8,16H,9H2,(H2,15,17). The molecular weight excluding hydrogens is 230 g/mol. The van der Waals surface area contributed by atoms with Crippen molar-refractivity contribution in [1.29, 1.82) is 0 Å². The molecule has 0 aromatic heterocycles. The lowest BCUT2D eigenvalue weighted by molar-refractivity contribution is 0.100. The minimum atomic E-state index is -0.475. The van der Waals surface area contributed by atoms with Gasteiger partial charge >= 0.3 is 0 Å². The van der Waals surface area contributed by atoms with Crippen molar-refractivity contribution < 1.29 is 14.6 Å². The van der Waals surface area contributed by atoms with Gasteiger partial charge in [-0.3, -0.25) is 4.79 Å². The van der Waals surface area contributed by atoms with Crippen LogP contribution in [0.2, 0.25) is 0 Å². The third-order valence-electron chi connectivity index (χ3n) is 2.51. The number of para-hydroxylation sites is 1. The molecule has 3 N–H and O–H groups in total. The summed E-state index contributed by atoms with van der Waals surface area (Å²) >= 11 is 0. The number of rotatable bonds is 4. The van der Waals surface area contributed by atoms with Crippen molar-refractivity contribution in [2.75, 3.05) is 0 Å². The van der Waals surface area contributed by atoms with Gasteiger partial charge in [0.15, 0.2) is 0 Å². The summed E-state index contributed by atoms with van der Waals surface area (Å²) in [4.78, 5) is 10.9. The second-order valence-corrected chi connectivity index (χ2v) is 3.76. The summed E-state index contributed by atoms with van der Waals surface area (Å²) in [7, 11) is 0. The van der Waals surface area contributed by atoms with E-state index in [0.29, 0.717) is 22.6 Å². The maximum Gasteiger partial charge on any atom is 0.248 e. The fourth-order valence-electron chi connectivity index (χ4n) is 1.55. The van der Waals surface area contributed by atoms with Gasteiger partial charge < -0.3 is 15.6 Å². The molecule has 0 heterocycles. The molecule has 18 heavy (non-hydrogen) atoms. The Hall–Kier alpha value is -2.33. The van der Waals surface area contributed by atoms with E-state index in [1.807, 2.05) is 12.1 Å². The van der Waals surface area contributed by atoms with E-state index in [1.165, 1.54) is 0 Å². The second kappa shape index (κ2) is 5.33. The summed E-state index contributed by atoms with van der Waals surface area (Å²) < 4.78 is 5.62. The van der Waals surface area contributed by atoms with Crippen LogP contribution in [-0.4, -0.2) is 11.0 Å². The molecular formula is C14H13NO3. The van der Waals surface area contributed by atoms with Crippen molar-refractivity contribution in [2.24, 2.45) is 5.73 Å². The molecule has 0 aliphatic carbocycles. The van der Waals surface area contributed by atoms with Crippen molar-refractivity contribution >= 4 is 5.91 Å². The van der Waals surface area contributed by atoms with Crippen molar-refractivity contribution in [3.05, 3.63) is 59.7 Å². The normalized spacial score (nSPS) is 10.1. The van der Waals surface area contributed by atoms with E-state index < -0.39 is 5.91 Å². The minimum Gasteiger partial charge on any atom is -0.457 e. The molecule has 0 unspecified atom stereocenters. The monoisotopic (exact) mass is 243 g/mol. The molecule has 0 atom stereocenters. The van der Waals surface area contributed by atoms with Gasteiger partial charge in [-0.25, -0.2) is 0 Å². The second-order valence-electron chi connectivity index (χ2n) is 3.76. The maximum atomic E-state index is 10.9. The minimum absolute atomic E-state index is 0.0878. The molecule has 0 saturated heterocycles.